The fraction of sp³-hybridized carbons (Fsp3) is 0.520. The summed E-state index contributed by atoms with van der Waals surface area (Å²) in [5.41, 5.74) is 2.45. The number of nitrogens with zero attached hydrogens (tertiary/aromatic N) is 3. The molecule has 2 aromatic rings. The molecule has 1 amide bonds. The monoisotopic (exact) mass is 441 g/mol. The van der Waals surface area contributed by atoms with Crippen molar-refractivity contribution in [1.82, 2.24) is 14.8 Å². The van der Waals surface area contributed by atoms with Gasteiger partial charge in [0.25, 0.3) is 5.91 Å². The number of pyridine rings is 1. The lowest BCUT2D eigenvalue weighted by molar-refractivity contribution is -0.0165. The number of para-hydroxylation sites is 1. The molecule has 2 atom stereocenters. The van der Waals surface area contributed by atoms with Crippen LogP contribution in [0.2, 0.25) is 0 Å². The molecule has 1 aromatic carbocycles. The van der Waals surface area contributed by atoms with E-state index in [9.17, 15) is 15.0 Å². The van der Waals surface area contributed by atoms with Crippen LogP contribution in [0.3, 0.4) is 0 Å². The van der Waals surface area contributed by atoms with E-state index in [1.165, 1.54) is 4.90 Å². The molecule has 2 N–H and O–H groups in total. The highest BCUT2D eigenvalue weighted by Gasteiger charge is 2.23. The summed E-state index contributed by atoms with van der Waals surface area (Å²) >= 11 is 0. The average Bonchev–Trinajstić information content (AvgIpc) is 2.80. The number of carbonyl (C=O) groups excluding carboxylic acids is 1. The number of hydrogen-bond acceptors (Lipinski definition) is 6. The molecule has 0 unspecified atom stereocenters. The number of hydrogen-bond donors (Lipinski definition) is 2. The van der Waals surface area contributed by atoms with E-state index in [1.807, 2.05) is 30.3 Å². The third kappa shape index (κ3) is 6.76. The van der Waals surface area contributed by atoms with E-state index in [0.717, 1.165) is 50.0 Å². The lowest BCUT2D eigenvalue weighted by Crippen LogP contribution is -2.36. The number of aryl methyl sites for hydroxylation is 1. The second kappa shape index (κ2) is 11.9. The maximum atomic E-state index is 12.6. The number of benzene rings is 1. The molecular formula is C25H35N3O4. The van der Waals surface area contributed by atoms with Crippen molar-refractivity contribution in [3.8, 4) is 5.75 Å². The normalized spacial score (nSPS) is 21.1. The zero-order valence-electron chi connectivity index (χ0n) is 19.1. The maximum Gasteiger partial charge on any atom is 0.257 e. The topological polar surface area (TPSA) is 86.1 Å². The minimum Gasteiger partial charge on any atom is -0.490 e. The van der Waals surface area contributed by atoms with Crippen molar-refractivity contribution >= 4 is 5.91 Å². The molecule has 7 nitrogen and oxygen atoms in total. The molecule has 0 saturated heterocycles. The molecule has 0 spiro atoms. The van der Waals surface area contributed by atoms with E-state index in [4.69, 9.17) is 4.74 Å². The molecule has 3 rings (SSSR count). The second-order valence-corrected chi connectivity index (χ2v) is 8.64. The third-order valence-electron chi connectivity index (χ3n) is 5.85. The van der Waals surface area contributed by atoms with Crippen molar-refractivity contribution < 1.29 is 19.7 Å². The smallest absolute Gasteiger partial charge is 0.257 e. The van der Waals surface area contributed by atoms with Gasteiger partial charge in [0.15, 0.2) is 0 Å². The van der Waals surface area contributed by atoms with Gasteiger partial charge < -0.3 is 19.8 Å². The van der Waals surface area contributed by atoms with E-state index in [2.05, 4.69) is 9.88 Å². The molecule has 32 heavy (non-hydrogen) atoms. The summed E-state index contributed by atoms with van der Waals surface area (Å²) in [7, 11) is 3.42. The Balaban J connectivity index is 1.75. The Morgan fingerprint density at radius 1 is 1.09 bits per heavy atom. The summed E-state index contributed by atoms with van der Waals surface area (Å²) in [5, 5.41) is 21.1. The first-order valence-electron chi connectivity index (χ1n) is 11.4. The summed E-state index contributed by atoms with van der Waals surface area (Å²) in [6, 6.07) is 11.5. The van der Waals surface area contributed by atoms with Crippen LogP contribution in [0, 0.1) is 0 Å². The highest BCUT2D eigenvalue weighted by Crippen LogP contribution is 2.28. The van der Waals surface area contributed by atoms with Gasteiger partial charge >= 0.3 is 0 Å². The van der Waals surface area contributed by atoms with Crippen molar-refractivity contribution in [1.29, 1.82) is 0 Å². The Kier molecular flexibility index (Phi) is 9.02. The summed E-state index contributed by atoms with van der Waals surface area (Å²) < 4.78 is 5.96. The summed E-state index contributed by atoms with van der Waals surface area (Å²) in [5.74, 6) is 0.384. The summed E-state index contributed by atoms with van der Waals surface area (Å²) in [6.07, 6.45) is 4.13. The predicted molar refractivity (Wildman–Crippen MR) is 124 cm³/mol. The summed E-state index contributed by atoms with van der Waals surface area (Å²) in [4.78, 5) is 20.9. The third-order valence-corrected chi connectivity index (χ3v) is 5.85. The van der Waals surface area contributed by atoms with Gasteiger partial charge in [-0.3, -0.25) is 14.7 Å². The predicted octanol–water partition coefficient (Wildman–Crippen LogP) is 2.50. The molecule has 0 radical (unpaired) electrons. The molecule has 1 aromatic heterocycles. The number of aliphatic hydroxyl groups excluding tert-OH is 2. The number of rotatable bonds is 3. The molecule has 0 aliphatic carbocycles. The minimum atomic E-state index is -1.04. The van der Waals surface area contributed by atoms with Gasteiger partial charge in [-0.05, 0) is 56.0 Å². The quantitative estimate of drug-likeness (QED) is 0.761. The highest BCUT2D eigenvalue weighted by atomic mass is 16.5. The van der Waals surface area contributed by atoms with E-state index >= 15 is 0 Å². The van der Waals surface area contributed by atoms with Crippen LogP contribution >= 0.6 is 0 Å². The Labute approximate surface area is 190 Å². The molecule has 1 aliphatic rings. The van der Waals surface area contributed by atoms with Gasteiger partial charge in [0.1, 0.15) is 18.5 Å². The standard InChI is InChI=1S/C25H35N3O4/c1-27(2)25(31)21-12-8-10-19-9-4-3-7-15-28(17-20-11-5-6-14-26-20)16-13-22(29)23(30)18-32-24(19)21/h5-6,8,10-12,14,22-23,29-30H,3-4,7,9,13,15-18H2,1-2H3/t22-,23+/m0/s1. The van der Waals surface area contributed by atoms with Gasteiger partial charge in [0, 0.05) is 33.4 Å². The second-order valence-electron chi connectivity index (χ2n) is 8.64. The average molecular weight is 442 g/mol. The van der Waals surface area contributed by atoms with E-state index in [0.29, 0.717) is 24.3 Å². The number of fused-ring (bicyclic) bond motifs is 1. The molecule has 7 heteroatoms. The first-order valence-corrected chi connectivity index (χ1v) is 11.4. The largest absolute Gasteiger partial charge is 0.490 e. The van der Waals surface area contributed by atoms with Gasteiger partial charge in [-0.15, -0.1) is 0 Å². The van der Waals surface area contributed by atoms with Crippen LogP contribution in [0.4, 0.5) is 0 Å². The van der Waals surface area contributed by atoms with Crippen molar-refractivity contribution in [3.05, 3.63) is 59.4 Å². The highest BCUT2D eigenvalue weighted by molar-refractivity contribution is 5.97. The Hall–Kier alpha value is -2.48. The molecule has 174 valence electrons. The van der Waals surface area contributed by atoms with Crippen LogP contribution in [0.5, 0.6) is 5.75 Å². The van der Waals surface area contributed by atoms with Crippen molar-refractivity contribution in [2.75, 3.05) is 33.8 Å². The molecule has 0 fully saturated rings. The van der Waals surface area contributed by atoms with Crippen LogP contribution in [-0.4, -0.2) is 76.9 Å². The van der Waals surface area contributed by atoms with Gasteiger partial charge in [0.05, 0.1) is 17.4 Å². The summed E-state index contributed by atoms with van der Waals surface area (Å²) in [6.45, 7) is 2.22. The first kappa shape index (κ1) is 24.2. The van der Waals surface area contributed by atoms with Gasteiger partial charge in [-0.2, -0.15) is 0 Å². The molecule has 1 aliphatic heterocycles. The van der Waals surface area contributed by atoms with E-state index in [1.54, 1.807) is 26.4 Å². The van der Waals surface area contributed by atoms with Crippen molar-refractivity contribution in [2.24, 2.45) is 0 Å². The number of aromatic nitrogens is 1. The van der Waals surface area contributed by atoms with Gasteiger partial charge in [0.2, 0.25) is 0 Å². The first-order chi connectivity index (χ1) is 15.5. The fourth-order valence-electron chi connectivity index (χ4n) is 3.97. The van der Waals surface area contributed by atoms with E-state index in [-0.39, 0.29) is 12.5 Å². The maximum absolute atomic E-state index is 12.6. The molecule has 2 heterocycles. The SMILES string of the molecule is CN(C)C(=O)c1cccc2c1OC[C@@H](O)[C@@H](O)CCN(Cc1ccccn1)CCCCC2. The number of ether oxygens (including phenoxy) is 1. The Morgan fingerprint density at radius 2 is 1.94 bits per heavy atom. The minimum absolute atomic E-state index is 0.0634. The number of aliphatic hydroxyl groups is 2. The Morgan fingerprint density at radius 3 is 2.69 bits per heavy atom. The van der Waals surface area contributed by atoms with Crippen LogP contribution in [0.15, 0.2) is 42.6 Å². The van der Waals surface area contributed by atoms with E-state index < -0.39 is 12.2 Å². The fourth-order valence-corrected chi connectivity index (χ4v) is 3.97. The zero-order chi connectivity index (χ0) is 22.9. The van der Waals surface area contributed by atoms with Crippen LogP contribution in [0.1, 0.15) is 47.3 Å². The molecule has 0 saturated carbocycles. The van der Waals surface area contributed by atoms with Gasteiger partial charge in [-0.25, -0.2) is 0 Å². The lowest BCUT2D eigenvalue weighted by atomic mass is 10.0. The Bertz CT molecular complexity index is 860. The van der Waals surface area contributed by atoms with Crippen molar-refractivity contribution in [2.45, 2.75) is 50.9 Å². The lowest BCUT2D eigenvalue weighted by Gasteiger charge is -2.26. The molecular weight excluding hydrogens is 406 g/mol. The van der Waals surface area contributed by atoms with Crippen LogP contribution < -0.4 is 4.74 Å². The zero-order valence-corrected chi connectivity index (χ0v) is 19.1. The number of amides is 1. The van der Waals surface area contributed by atoms with Crippen LogP contribution in [-0.2, 0) is 13.0 Å². The van der Waals surface area contributed by atoms with Crippen molar-refractivity contribution in [3.63, 3.8) is 0 Å². The number of carbonyl (C=O) groups is 1. The van der Waals surface area contributed by atoms with Gasteiger partial charge in [-0.1, -0.05) is 24.6 Å². The molecule has 0 bridgehead atoms. The van der Waals surface area contributed by atoms with Crippen LogP contribution in [0.25, 0.3) is 0 Å².